The van der Waals surface area contributed by atoms with Gasteiger partial charge in [-0.05, 0) is 52.7 Å². The number of nitrogens with one attached hydrogen (secondary N) is 1. The number of benzene rings is 2. The summed E-state index contributed by atoms with van der Waals surface area (Å²) in [5.41, 5.74) is -0.347. The number of nitrogens with zero attached hydrogens (tertiary/aromatic N) is 3. The van der Waals surface area contributed by atoms with E-state index in [9.17, 15) is 18.5 Å². The third-order valence-electron chi connectivity index (χ3n) is 6.31. The minimum absolute atomic E-state index is 0.00122. The van der Waals surface area contributed by atoms with Crippen LogP contribution in [0.4, 0.5) is 14.5 Å². The molecular formula is C26H19BrCl2F2N4O4S. The van der Waals surface area contributed by atoms with E-state index in [4.69, 9.17) is 27.9 Å². The van der Waals surface area contributed by atoms with Crippen LogP contribution in [0.15, 0.2) is 53.3 Å². The van der Waals surface area contributed by atoms with Crippen LogP contribution in [0, 0.1) is 5.82 Å². The number of alkyl halides is 1. The van der Waals surface area contributed by atoms with Gasteiger partial charge in [-0.1, -0.05) is 29.3 Å². The molecule has 2 atom stereocenters. The van der Waals surface area contributed by atoms with Gasteiger partial charge in [0, 0.05) is 28.8 Å². The lowest BCUT2D eigenvalue weighted by Crippen LogP contribution is -2.34. The molecule has 0 bridgehead atoms. The number of anilines is 1. The molecule has 2 aromatic carbocycles. The molecule has 14 heteroatoms. The highest BCUT2D eigenvalue weighted by Crippen LogP contribution is 2.36. The minimum atomic E-state index is -1.87. The summed E-state index contributed by atoms with van der Waals surface area (Å²) in [5.74, 6) is -2.59. The number of halogens is 5. The highest BCUT2D eigenvalue weighted by atomic mass is 79.9. The molecule has 1 fully saturated rings. The number of aromatic nitrogens is 2. The zero-order chi connectivity index (χ0) is 28.7. The summed E-state index contributed by atoms with van der Waals surface area (Å²) < 4.78 is 52.8. The molecule has 1 aliphatic heterocycles. The molecule has 0 spiro atoms. The molecule has 1 aliphatic rings. The van der Waals surface area contributed by atoms with E-state index < -0.39 is 40.8 Å². The molecule has 0 aliphatic carbocycles. The predicted molar refractivity (Wildman–Crippen MR) is 153 cm³/mol. The van der Waals surface area contributed by atoms with Crippen molar-refractivity contribution in [2.24, 2.45) is 0 Å². The molecule has 1 N–H and O–H groups in total. The first-order chi connectivity index (χ1) is 19.1. The zero-order valence-corrected chi connectivity index (χ0v) is 24.5. The van der Waals surface area contributed by atoms with Crippen LogP contribution in [-0.2, 0) is 11.5 Å². The largest absolute Gasteiger partial charge is 0.573 e. The summed E-state index contributed by atoms with van der Waals surface area (Å²) in [7, 11) is 1.23. The van der Waals surface area contributed by atoms with Crippen LogP contribution in [0.25, 0.3) is 11.0 Å². The Bertz CT molecular complexity index is 1640. The second-order valence-electron chi connectivity index (χ2n) is 8.80. The lowest BCUT2D eigenvalue weighted by Gasteiger charge is -2.21. The first kappa shape index (κ1) is 28.8. The SMILES string of the molecule is COc1c(N[S+]([O-])N2CCC(F)C2)ccc(F)c1C(=O)c1cn(C(=O)c2c(Cl)cccc2Cl)c2ncc(Br)cc12. The molecule has 2 aromatic heterocycles. The van der Waals surface area contributed by atoms with Crippen LogP contribution in [0.2, 0.25) is 10.0 Å². The fraction of sp³-hybridized carbons (Fsp3) is 0.192. The summed E-state index contributed by atoms with van der Waals surface area (Å²) in [4.78, 5) is 31.7. The van der Waals surface area contributed by atoms with E-state index in [1.54, 1.807) is 12.1 Å². The van der Waals surface area contributed by atoms with E-state index >= 15 is 4.39 Å². The molecule has 3 heterocycles. The Morgan fingerprint density at radius 3 is 2.60 bits per heavy atom. The number of fused-ring (bicyclic) bond motifs is 1. The van der Waals surface area contributed by atoms with Crippen molar-refractivity contribution < 1.29 is 27.7 Å². The van der Waals surface area contributed by atoms with E-state index in [2.05, 4.69) is 25.6 Å². The molecule has 0 amide bonds. The zero-order valence-electron chi connectivity index (χ0n) is 20.6. The number of carbonyl (C=O) groups excluding carboxylic acids is 2. The number of carbonyl (C=O) groups is 2. The van der Waals surface area contributed by atoms with Crippen molar-refractivity contribution in [1.82, 2.24) is 13.9 Å². The lowest BCUT2D eigenvalue weighted by atomic mass is 10.0. The molecule has 1 saturated heterocycles. The molecule has 0 saturated carbocycles. The summed E-state index contributed by atoms with van der Waals surface area (Å²) >= 11 is 14.0. The lowest BCUT2D eigenvalue weighted by molar-refractivity contribution is 0.0964. The average Bonchev–Trinajstić information content (AvgIpc) is 3.52. The number of methoxy groups -OCH3 is 1. The van der Waals surface area contributed by atoms with Crippen LogP contribution >= 0.6 is 39.1 Å². The minimum Gasteiger partial charge on any atom is -0.573 e. The van der Waals surface area contributed by atoms with Crippen LogP contribution in [0.3, 0.4) is 0 Å². The fourth-order valence-corrected chi connectivity index (χ4v) is 6.37. The van der Waals surface area contributed by atoms with Crippen molar-refractivity contribution >= 4 is 79.1 Å². The maximum Gasteiger partial charge on any atom is 0.266 e. The van der Waals surface area contributed by atoms with Crippen LogP contribution in [0.5, 0.6) is 5.75 Å². The fourth-order valence-electron chi connectivity index (χ4n) is 4.43. The maximum atomic E-state index is 15.3. The van der Waals surface area contributed by atoms with E-state index in [-0.39, 0.29) is 63.2 Å². The third kappa shape index (κ3) is 5.31. The van der Waals surface area contributed by atoms with Crippen molar-refractivity contribution in [1.29, 1.82) is 0 Å². The smallest absolute Gasteiger partial charge is 0.266 e. The summed E-state index contributed by atoms with van der Waals surface area (Å²) in [6.45, 7) is 0.237. The third-order valence-corrected chi connectivity index (χ3v) is 8.57. The van der Waals surface area contributed by atoms with Gasteiger partial charge in [0.2, 0.25) is 5.78 Å². The molecule has 40 heavy (non-hydrogen) atoms. The van der Waals surface area contributed by atoms with Gasteiger partial charge >= 0.3 is 0 Å². The van der Waals surface area contributed by atoms with Crippen molar-refractivity contribution in [2.75, 3.05) is 24.9 Å². The molecular weight excluding hydrogens is 653 g/mol. The van der Waals surface area contributed by atoms with Gasteiger partial charge in [0.05, 0.1) is 34.8 Å². The number of pyridine rings is 1. The van der Waals surface area contributed by atoms with Gasteiger partial charge in [0.25, 0.3) is 5.91 Å². The maximum absolute atomic E-state index is 15.3. The van der Waals surface area contributed by atoms with Gasteiger partial charge in [-0.25, -0.2) is 13.8 Å². The summed E-state index contributed by atoms with van der Waals surface area (Å²) in [6, 6.07) is 8.45. The Labute approximate surface area is 248 Å². The van der Waals surface area contributed by atoms with Gasteiger partial charge in [0.1, 0.15) is 28.9 Å². The highest BCUT2D eigenvalue weighted by molar-refractivity contribution is 9.10. The molecule has 208 valence electrons. The topological polar surface area (TPSA) is 99.5 Å². The summed E-state index contributed by atoms with van der Waals surface area (Å²) in [6.07, 6.45) is 1.81. The number of ketones is 1. The van der Waals surface area contributed by atoms with Crippen LogP contribution in [0.1, 0.15) is 32.7 Å². The van der Waals surface area contributed by atoms with Crippen molar-refractivity contribution in [3.8, 4) is 5.75 Å². The predicted octanol–water partition coefficient (Wildman–Crippen LogP) is 6.21. The monoisotopic (exact) mass is 670 g/mol. The quantitative estimate of drug-likeness (QED) is 0.184. The Morgan fingerprint density at radius 1 is 1.23 bits per heavy atom. The van der Waals surface area contributed by atoms with E-state index in [1.807, 2.05) is 0 Å². The van der Waals surface area contributed by atoms with Crippen molar-refractivity contribution in [3.63, 3.8) is 0 Å². The van der Waals surface area contributed by atoms with Crippen molar-refractivity contribution in [2.45, 2.75) is 12.6 Å². The van der Waals surface area contributed by atoms with E-state index in [0.29, 0.717) is 4.47 Å². The average molecular weight is 672 g/mol. The van der Waals surface area contributed by atoms with Gasteiger partial charge < -0.3 is 9.29 Å². The Morgan fingerprint density at radius 2 is 1.95 bits per heavy atom. The van der Waals surface area contributed by atoms with Gasteiger partial charge in [-0.15, -0.1) is 4.31 Å². The van der Waals surface area contributed by atoms with Crippen molar-refractivity contribution in [3.05, 3.63) is 85.8 Å². The van der Waals surface area contributed by atoms with E-state index in [0.717, 1.165) is 10.6 Å². The number of hydrogen-bond donors (Lipinski definition) is 1. The Hall–Kier alpha value is -2.74. The second kappa shape index (κ2) is 11.6. The Kier molecular flexibility index (Phi) is 8.37. The molecule has 4 aromatic rings. The van der Waals surface area contributed by atoms with Crippen LogP contribution < -0.4 is 9.46 Å². The standard InChI is InChI=1S/C26H19BrCl2F2N4O4S/c1-39-24-20(33-40(38)34-8-7-14(30)11-34)6-5-19(31)22(24)23(36)16-12-35(25-15(16)9-13(27)10-32-25)26(37)21-17(28)3-2-4-18(21)29/h2-6,9-10,12,14,33H,7-8,11H2,1H3. The van der Waals surface area contributed by atoms with E-state index in [1.165, 1.54) is 42.0 Å². The van der Waals surface area contributed by atoms with Gasteiger partial charge in [-0.2, -0.15) is 4.72 Å². The molecule has 2 unspecified atom stereocenters. The Balaban J connectivity index is 1.60. The number of rotatable bonds is 7. The summed E-state index contributed by atoms with van der Waals surface area (Å²) in [5, 5.41) is 0.437. The molecule has 0 radical (unpaired) electrons. The normalized spacial score (nSPS) is 16.3. The molecule has 8 nitrogen and oxygen atoms in total. The van der Waals surface area contributed by atoms with Gasteiger partial charge in [0.15, 0.2) is 17.3 Å². The number of hydrogen-bond acceptors (Lipinski definition) is 7. The highest BCUT2D eigenvalue weighted by Gasteiger charge is 2.33. The first-order valence-corrected chi connectivity index (χ1v) is 14.4. The molecule has 5 rings (SSSR count). The van der Waals surface area contributed by atoms with Gasteiger partial charge in [-0.3, -0.25) is 14.2 Å². The number of ether oxygens (including phenoxy) is 1. The van der Waals surface area contributed by atoms with Crippen LogP contribution in [-0.4, -0.2) is 56.5 Å². The first-order valence-electron chi connectivity index (χ1n) is 11.7. The second-order valence-corrected chi connectivity index (χ2v) is 11.7.